The maximum absolute atomic E-state index is 12.7. The summed E-state index contributed by atoms with van der Waals surface area (Å²) in [5, 5.41) is 6.20. The van der Waals surface area contributed by atoms with Gasteiger partial charge in [-0.05, 0) is 67.8 Å². The van der Waals surface area contributed by atoms with Crippen molar-refractivity contribution in [3.05, 3.63) is 64.6 Å². The number of aromatic nitrogens is 2. The minimum Gasteiger partial charge on any atom is -0.352 e. The summed E-state index contributed by atoms with van der Waals surface area (Å²) in [7, 11) is 0. The van der Waals surface area contributed by atoms with Gasteiger partial charge in [0.15, 0.2) is 5.16 Å². The number of carbonyl (C=O) groups is 1. The number of thiophene rings is 1. The molecule has 1 N–H and O–H groups in total. The molecular formula is C22H26N4OS2. The van der Waals surface area contributed by atoms with Crippen molar-refractivity contribution in [1.82, 2.24) is 19.8 Å². The minimum absolute atomic E-state index is 0.00122. The lowest BCUT2D eigenvalue weighted by molar-refractivity contribution is 0.0935. The number of hydrogen-bond acceptors (Lipinski definition) is 5. The summed E-state index contributed by atoms with van der Waals surface area (Å²) in [6, 6.07) is 12.1. The topological polar surface area (TPSA) is 50.2 Å². The van der Waals surface area contributed by atoms with E-state index >= 15 is 0 Å². The highest BCUT2D eigenvalue weighted by atomic mass is 32.2. The second-order valence-electron chi connectivity index (χ2n) is 7.34. The number of likely N-dealkylation sites (tertiary alicyclic amines) is 1. The molecule has 3 aromatic rings. The van der Waals surface area contributed by atoms with Gasteiger partial charge in [-0.1, -0.05) is 23.9 Å². The third kappa shape index (κ3) is 5.10. The third-order valence-electron chi connectivity index (χ3n) is 5.39. The van der Waals surface area contributed by atoms with Crippen molar-refractivity contribution < 1.29 is 4.79 Å². The van der Waals surface area contributed by atoms with E-state index in [1.165, 1.54) is 4.88 Å². The fourth-order valence-corrected chi connectivity index (χ4v) is 5.02. The number of thioether (sulfide) groups is 1. The van der Waals surface area contributed by atoms with E-state index in [1.54, 1.807) is 18.0 Å². The van der Waals surface area contributed by atoms with Crippen LogP contribution in [0.25, 0.3) is 5.69 Å². The number of piperidine rings is 1. The van der Waals surface area contributed by atoms with Crippen LogP contribution in [-0.4, -0.2) is 46.2 Å². The predicted molar refractivity (Wildman–Crippen MR) is 120 cm³/mol. The summed E-state index contributed by atoms with van der Waals surface area (Å²) in [6.07, 6.45) is 7.98. The van der Waals surface area contributed by atoms with Crippen LogP contribution in [0.3, 0.4) is 0 Å². The fourth-order valence-electron chi connectivity index (χ4n) is 3.74. The number of rotatable bonds is 7. The van der Waals surface area contributed by atoms with Crippen molar-refractivity contribution in [3.8, 4) is 5.69 Å². The second-order valence-corrected chi connectivity index (χ2v) is 9.15. The van der Waals surface area contributed by atoms with Gasteiger partial charge in [-0.25, -0.2) is 4.98 Å². The van der Waals surface area contributed by atoms with Gasteiger partial charge >= 0.3 is 0 Å². The summed E-state index contributed by atoms with van der Waals surface area (Å²) >= 11 is 3.42. The maximum atomic E-state index is 12.7. The first-order valence-electron chi connectivity index (χ1n) is 9.93. The molecule has 0 atom stereocenters. The smallest absolute Gasteiger partial charge is 0.251 e. The summed E-state index contributed by atoms with van der Waals surface area (Å²) in [6.45, 7) is 4.00. The zero-order valence-electron chi connectivity index (χ0n) is 16.6. The molecule has 0 aliphatic carbocycles. The first-order valence-corrected chi connectivity index (χ1v) is 12.0. The van der Waals surface area contributed by atoms with Crippen molar-refractivity contribution in [2.45, 2.75) is 24.5 Å². The molecule has 0 radical (unpaired) electrons. The zero-order chi connectivity index (χ0) is 20.1. The largest absolute Gasteiger partial charge is 0.352 e. The van der Waals surface area contributed by atoms with Crippen molar-refractivity contribution in [1.29, 1.82) is 0 Å². The van der Waals surface area contributed by atoms with Gasteiger partial charge in [-0.3, -0.25) is 14.3 Å². The molecule has 1 saturated heterocycles. The van der Waals surface area contributed by atoms with Gasteiger partial charge < -0.3 is 5.32 Å². The molecule has 4 rings (SSSR count). The van der Waals surface area contributed by atoms with Crippen LogP contribution in [-0.2, 0) is 6.54 Å². The Hall–Kier alpha value is -2.09. The van der Waals surface area contributed by atoms with Crippen LogP contribution in [0.1, 0.15) is 28.1 Å². The Labute approximate surface area is 180 Å². The Morgan fingerprint density at radius 2 is 2.14 bits per heavy atom. The summed E-state index contributed by atoms with van der Waals surface area (Å²) in [5.74, 6) is 0.553. The van der Waals surface area contributed by atoms with Crippen LogP contribution >= 0.6 is 23.1 Å². The average Bonchev–Trinajstić information content (AvgIpc) is 3.45. The molecule has 0 unspecified atom stereocenters. The molecule has 0 spiro atoms. The highest BCUT2D eigenvalue weighted by Gasteiger charge is 2.20. The van der Waals surface area contributed by atoms with Gasteiger partial charge in [0.2, 0.25) is 0 Å². The molecular weight excluding hydrogens is 400 g/mol. The standard InChI is InChI=1S/C22H26N4OS2/c1-28-22-23-9-12-26(22)19-5-2-4-18(14-19)21(27)24-15-17-7-10-25(11-8-17)16-20-6-3-13-29-20/h2-6,9,12-14,17H,7-8,10-11,15-16H2,1H3,(H,24,27). The molecule has 29 heavy (non-hydrogen) atoms. The number of nitrogens with one attached hydrogen (secondary N) is 1. The normalized spacial score (nSPS) is 15.5. The van der Waals surface area contributed by atoms with Crippen molar-refractivity contribution in [2.75, 3.05) is 25.9 Å². The highest BCUT2D eigenvalue weighted by molar-refractivity contribution is 7.98. The molecule has 0 bridgehead atoms. The fraction of sp³-hybridized carbons (Fsp3) is 0.364. The Morgan fingerprint density at radius 3 is 2.90 bits per heavy atom. The Morgan fingerprint density at radius 1 is 1.28 bits per heavy atom. The van der Waals surface area contributed by atoms with Crippen molar-refractivity contribution in [3.63, 3.8) is 0 Å². The SMILES string of the molecule is CSc1nccn1-c1cccc(C(=O)NCC2CCN(Cc3cccs3)CC2)c1. The van der Waals surface area contributed by atoms with Crippen LogP contribution in [0.15, 0.2) is 59.3 Å². The Bertz CT molecular complexity index is 930. The number of amides is 1. The van der Waals surface area contributed by atoms with E-state index in [-0.39, 0.29) is 5.91 Å². The van der Waals surface area contributed by atoms with E-state index in [4.69, 9.17) is 0 Å². The third-order valence-corrected chi connectivity index (χ3v) is 6.92. The van der Waals surface area contributed by atoms with Crippen molar-refractivity contribution >= 4 is 29.0 Å². The van der Waals surface area contributed by atoms with Crippen LogP contribution in [0.5, 0.6) is 0 Å². The number of imidazole rings is 1. The molecule has 1 aliphatic heterocycles. The first-order chi connectivity index (χ1) is 14.2. The molecule has 1 aliphatic rings. The molecule has 1 fully saturated rings. The second kappa shape index (κ2) is 9.61. The van der Waals surface area contributed by atoms with E-state index < -0.39 is 0 Å². The molecule has 7 heteroatoms. The van der Waals surface area contributed by atoms with Crippen LogP contribution in [0, 0.1) is 5.92 Å². The monoisotopic (exact) mass is 426 g/mol. The van der Waals surface area contributed by atoms with Gasteiger partial charge in [0, 0.05) is 41.6 Å². The lowest BCUT2D eigenvalue weighted by Gasteiger charge is -2.31. The van der Waals surface area contributed by atoms with E-state index in [1.807, 2.05) is 52.6 Å². The van der Waals surface area contributed by atoms with Gasteiger partial charge in [0.1, 0.15) is 0 Å². The van der Waals surface area contributed by atoms with Gasteiger partial charge in [-0.15, -0.1) is 11.3 Å². The molecule has 3 heterocycles. The van der Waals surface area contributed by atoms with Crippen LogP contribution in [0.4, 0.5) is 0 Å². The van der Waals surface area contributed by atoms with Crippen LogP contribution < -0.4 is 5.32 Å². The molecule has 1 aromatic carbocycles. The quantitative estimate of drug-likeness (QED) is 0.573. The summed E-state index contributed by atoms with van der Waals surface area (Å²) < 4.78 is 2.00. The van der Waals surface area contributed by atoms with E-state index in [9.17, 15) is 4.79 Å². The van der Waals surface area contributed by atoms with E-state index in [0.717, 1.165) is 49.9 Å². The molecule has 152 valence electrons. The predicted octanol–water partition coefficient (Wildman–Crippen LogP) is 4.30. The van der Waals surface area contributed by atoms with Crippen LogP contribution in [0.2, 0.25) is 0 Å². The van der Waals surface area contributed by atoms with Crippen molar-refractivity contribution in [2.24, 2.45) is 5.92 Å². The zero-order valence-corrected chi connectivity index (χ0v) is 18.2. The first kappa shape index (κ1) is 20.2. The molecule has 0 saturated carbocycles. The maximum Gasteiger partial charge on any atom is 0.251 e. The molecule has 2 aromatic heterocycles. The minimum atomic E-state index is -0.00122. The Balaban J connectivity index is 1.29. The van der Waals surface area contributed by atoms with E-state index in [0.29, 0.717) is 11.5 Å². The summed E-state index contributed by atoms with van der Waals surface area (Å²) in [4.78, 5) is 21.0. The lowest BCUT2D eigenvalue weighted by Crippen LogP contribution is -2.38. The molecule has 1 amide bonds. The average molecular weight is 427 g/mol. The van der Waals surface area contributed by atoms with E-state index in [2.05, 4.69) is 32.7 Å². The van der Waals surface area contributed by atoms with Gasteiger partial charge in [-0.2, -0.15) is 0 Å². The highest BCUT2D eigenvalue weighted by Crippen LogP contribution is 2.21. The van der Waals surface area contributed by atoms with Gasteiger partial charge in [0.25, 0.3) is 5.91 Å². The van der Waals surface area contributed by atoms with Gasteiger partial charge in [0.05, 0.1) is 0 Å². The number of benzene rings is 1. The molecule has 5 nitrogen and oxygen atoms in total. The number of nitrogens with zero attached hydrogens (tertiary/aromatic N) is 3. The summed E-state index contributed by atoms with van der Waals surface area (Å²) in [5.41, 5.74) is 1.65. The number of hydrogen-bond donors (Lipinski definition) is 1. The Kier molecular flexibility index (Phi) is 6.69. The number of carbonyl (C=O) groups excluding carboxylic acids is 1. The lowest BCUT2D eigenvalue weighted by atomic mass is 9.96.